The maximum absolute atomic E-state index is 13.0. The van der Waals surface area contributed by atoms with Gasteiger partial charge in [0.2, 0.25) is 0 Å². The molecule has 0 aliphatic carbocycles. The van der Waals surface area contributed by atoms with Crippen LogP contribution in [-0.4, -0.2) is 97.5 Å². The fourth-order valence-electron chi connectivity index (χ4n) is 10.1. The second-order valence-corrected chi connectivity index (χ2v) is 22.7. The largest absolute Gasteiger partial charge is 0.457 e. The molecule has 1 fully saturated rings. The molecular weight excluding hydrogens is 933 g/mol. The summed E-state index contributed by atoms with van der Waals surface area (Å²) in [5.41, 5.74) is 0. The van der Waals surface area contributed by atoms with Crippen molar-refractivity contribution in [1.29, 1.82) is 0 Å². The van der Waals surface area contributed by atoms with Crippen molar-refractivity contribution in [3.05, 3.63) is 0 Å². The van der Waals surface area contributed by atoms with Gasteiger partial charge in [-0.05, 0) is 12.8 Å². The molecule has 13 heteroatoms. The Balaban J connectivity index is 2.24. The molecule has 0 amide bonds. The van der Waals surface area contributed by atoms with Gasteiger partial charge in [-0.1, -0.05) is 290 Å². The van der Waals surface area contributed by atoms with Gasteiger partial charge in [0.05, 0.1) is 19.8 Å². The molecule has 0 spiro atoms. The number of esters is 1. The molecule has 0 saturated carbocycles. The highest BCUT2D eigenvalue weighted by Gasteiger charge is 2.48. The molecule has 4 N–H and O–H groups in total. The van der Waals surface area contributed by atoms with Crippen LogP contribution in [0.2, 0.25) is 0 Å². The molecule has 0 aromatic carbocycles. The number of rotatable bonds is 56. The van der Waals surface area contributed by atoms with E-state index in [0.29, 0.717) is 13.0 Å². The first-order valence-corrected chi connectivity index (χ1v) is 32.2. The van der Waals surface area contributed by atoms with Crippen molar-refractivity contribution in [2.75, 3.05) is 26.4 Å². The van der Waals surface area contributed by atoms with Gasteiger partial charge in [-0.2, -0.15) is 8.42 Å². The Labute approximate surface area is 443 Å². The van der Waals surface area contributed by atoms with E-state index in [0.717, 1.165) is 38.5 Å². The molecule has 0 radical (unpaired) electrons. The number of hydrogen-bond donors (Lipinski definition) is 4. The quantitative estimate of drug-likeness (QED) is 0.0258. The Hall–Kier alpha value is -0.900. The van der Waals surface area contributed by atoms with E-state index in [1.165, 1.54) is 244 Å². The van der Waals surface area contributed by atoms with E-state index in [9.17, 15) is 33.1 Å². The van der Waals surface area contributed by atoms with Gasteiger partial charge in [0.1, 0.15) is 30.5 Å². The Morgan fingerprint density at radius 1 is 0.472 bits per heavy atom. The van der Waals surface area contributed by atoms with Crippen LogP contribution in [0.3, 0.4) is 0 Å². The molecule has 72 heavy (non-hydrogen) atoms. The zero-order valence-corrected chi connectivity index (χ0v) is 47.6. The zero-order valence-electron chi connectivity index (χ0n) is 46.8. The third-order valence-corrected chi connectivity index (χ3v) is 15.2. The number of carbonyl (C=O) groups is 1. The van der Waals surface area contributed by atoms with Crippen LogP contribution in [0, 0.1) is 0 Å². The topological polar surface area (TPSA) is 178 Å². The summed E-state index contributed by atoms with van der Waals surface area (Å²) in [4.78, 5) is 13.0. The first-order chi connectivity index (χ1) is 35.1. The highest BCUT2D eigenvalue weighted by atomic mass is 32.3. The van der Waals surface area contributed by atoms with E-state index in [-0.39, 0.29) is 25.6 Å². The van der Waals surface area contributed by atoms with E-state index < -0.39 is 53.8 Å². The van der Waals surface area contributed by atoms with Gasteiger partial charge >= 0.3 is 16.4 Å². The minimum atomic E-state index is -5.06. The number of unbranched alkanes of at least 4 members (excludes halogenated alkanes) is 43. The average Bonchev–Trinajstić information content (AvgIpc) is 3.36. The summed E-state index contributed by atoms with van der Waals surface area (Å²) < 4.78 is 59.5. The lowest BCUT2D eigenvalue weighted by atomic mass is 9.99. The van der Waals surface area contributed by atoms with Crippen LogP contribution >= 0.6 is 0 Å². The van der Waals surface area contributed by atoms with Gasteiger partial charge in [-0.15, -0.1) is 0 Å². The predicted molar refractivity (Wildman–Crippen MR) is 295 cm³/mol. The lowest BCUT2D eigenvalue weighted by Crippen LogP contribution is -2.60. The van der Waals surface area contributed by atoms with Gasteiger partial charge in [0.25, 0.3) is 0 Å². The number of aliphatic hydroxyl groups is 3. The summed E-state index contributed by atoms with van der Waals surface area (Å²) in [6, 6.07) is 0. The van der Waals surface area contributed by atoms with Crippen LogP contribution in [0.25, 0.3) is 0 Å². The molecule has 1 saturated heterocycles. The second kappa shape index (κ2) is 50.9. The maximum Gasteiger partial charge on any atom is 0.397 e. The maximum atomic E-state index is 13.0. The Kier molecular flexibility index (Phi) is 48.9. The summed E-state index contributed by atoms with van der Waals surface area (Å²) in [5, 5.41) is 30.9. The smallest absolute Gasteiger partial charge is 0.397 e. The summed E-state index contributed by atoms with van der Waals surface area (Å²) in [6.07, 6.45) is 50.1. The highest BCUT2D eigenvalue weighted by molar-refractivity contribution is 7.80. The van der Waals surface area contributed by atoms with E-state index in [4.69, 9.17) is 18.9 Å². The molecule has 430 valence electrons. The van der Waals surface area contributed by atoms with Crippen LogP contribution in [-0.2, 0) is 38.3 Å². The van der Waals surface area contributed by atoms with Crippen molar-refractivity contribution in [3.63, 3.8) is 0 Å². The summed E-state index contributed by atoms with van der Waals surface area (Å²) in [5.74, 6) is -0.388. The summed E-state index contributed by atoms with van der Waals surface area (Å²) in [6.45, 7) is 4.09. The van der Waals surface area contributed by atoms with E-state index >= 15 is 0 Å². The van der Waals surface area contributed by atoms with Crippen molar-refractivity contribution >= 4 is 16.4 Å². The van der Waals surface area contributed by atoms with Crippen LogP contribution in [0.15, 0.2) is 0 Å². The van der Waals surface area contributed by atoms with E-state index in [1.54, 1.807) is 0 Å². The lowest BCUT2D eigenvalue weighted by molar-refractivity contribution is -0.301. The van der Waals surface area contributed by atoms with Gasteiger partial charge < -0.3 is 34.3 Å². The molecule has 0 bridgehead atoms. The van der Waals surface area contributed by atoms with Gasteiger partial charge in [0.15, 0.2) is 6.29 Å². The summed E-state index contributed by atoms with van der Waals surface area (Å²) in [7, 11) is -5.06. The molecule has 0 aromatic rings. The third kappa shape index (κ3) is 43.2. The number of carbonyl (C=O) groups excluding carboxylic acids is 1. The molecular formula is C59H116O12S. The van der Waals surface area contributed by atoms with Gasteiger partial charge in [-0.25, -0.2) is 4.18 Å². The van der Waals surface area contributed by atoms with Crippen LogP contribution in [0.1, 0.15) is 309 Å². The number of ether oxygens (including phenoxy) is 4. The molecule has 1 aliphatic heterocycles. The van der Waals surface area contributed by atoms with E-state index in [2.05, 4.69) is 18.0 Å². The molecule has 12 nitrogen and oxygen atoms in total. The molecule has 6 atom stereocenters. The normalized spacial score (nSPS) is 18.8. The fraction of sp³-hybridized carbons (Fsp3) is 0.983. The second-order valence-electron chi connectivity index (χ2n) is 21.7. The Bertz CT molecular complexity index is 1260. The minimum Gasteiger partial charge on any atom is -0.457 e. The number of hydrogen-bond acceptors (Lipinski definition) is 11. The third-order valence-electron chi connectivity index (χ3n) is 14.7. The van der Waals surface area contributed by atoms with Crippen molar-refractivity contribution in [1.82, 2.24) is 0 Å². The standard InChI is InChI=1S/C59H116O12S/c1-3-5-7-9-11-13-15-17-19-21-23-25-26-27-28-29-30-32-34-36-38-40-42-44-46-48-55(61)69-53(52-68-59-57(63)58(71-72(64,65)66)56(62)54(50-60)70-59)51-67-49-47-45-43-41-39-37-35-33-31-24-22-20-18-16-14-12-10-8-6-4-2/h53-54,56-60,62-63H,3-52H2,1-2H3,(H,64,65,66). The molecule has 1 heterocycles. The monoisotopic (exact) mass is 1050 g/mol. The van der Waals surface area contributed by atoms with E-state index in [1.807, 2.05) is 0 Å². The van der Waals surface area contributed by atoms with Gasteiger partial charge in [-0.3, -0.25) is 9.35 Å². The van der Waals surface area contributed by atoms with Crippen LogP contribution < -0.4 is 0 Å². The molecule has 1 aliphatic rings. The zero-order chi connectivity index (χ0) is 52.4. The minimum absolute atomic E-state index is 0.0458. The SMILES string of the molecule is CCCCCCCCCCCCCCCCCCCCCCCCCCCC(=O)OC(COCCCCCCCCCCCCCCCCCCCCCC)COC1OC(CO)C(O)C(OS(=O)(=O)O)C1O. The fourth-order valence-corrected chi connectivity index (χ4v) is 10.6. The highest BCUT2D eigenvalue weighted by Crippen LogP contribution is 2.26. The average molecular weight is 1050 g/mol. The van der Waals surface area contributed by atoms with Crippen molar-refractivity contribution < 1.29 is 56.2 Å². The Morgan fingerprint density at radius 3 is 1.11 bits per heavy atom. The molecule has 6 unspecified atom stereocenters. The van der Waals surface area contributed by atoms with Crippen molar-refractivity contribution in [2.45, 2.75) is 346 Å². The summed E-state index contributed by atoms with van der Waals surface area (Å²) >= 11 is 0. The van der Waals surface area contributed by atoms with Crippen molar-refractivity contribution in [2.24, 2.45) is 0 Å². The van der Waals surface area contributed by atoms with Crippen molar-refractivity contribution in [3.8, 4) is 0 Å². The number of aliphatic hydroxyl groups excluding tert-OH is 3. The predicted octanol–water partition coefficient (Wildman–Crippen LogP) is 15.5. The first kappa shape index (κ1) is 69.1. The van der Waals surface area contributed by atoms with Crippen LogP contribution in [0.5, 0.6) is 0 Å². The molecule has 0 aromatic heterocycles. The van der Waals surface area contributed by atoms with Gasteiger partial charge in [0, 0.05) is 13.0 Å². The first-order valence-electron chi connectivity index (χ1n) is 30.8. The Morgan fingerprint density at radius 2 is 0.792 bits per heavy atom. The lowest BCUT2D eigenvalue weighted by Gasteiger charge is -2.41. The molecule has 1 rings (SSSR count). The van der Waals surface area contributed by atoms with Crippen LogP contribution in [0.4, 0.5) is 0 Å².